The molecule has 94 valence electrons. The molecule has 0 aliphatic heterocycles. The van der Waals surface area contributed by atoms with E-state index < -0.39 is 0 Å². The second-order valence-corrected chi connectivity index (χ2v) is 5.67. The molecule has 0 fully saturated rings. The molecule has 0 aromatic heterocycles. The highest BCUT2D eigenvalue weighted by atomic mass is 79.9. The minimum absolute atomic E-state index is 0.0880. The van der Waals surface area contributed by atoms with Crippen LogP contribution in [0.2, 0.25) is 0 Å². The molecule has 0 saturated heterocycles. The van der Waals surface area contributed by atoms with Crippen molar-refractivity contribution >= 4 is 21.8 Å². The molecule has 1 atom stereocenters. The van der Waals surface area contributed by atoms with Gasteiger partial charge in [0.1, 0.15) is 0 Å². The van der Waals surface area contributed by atoms with E-state index in [2.05, 4.69) is 36.7 Å². The fourth-order valence-corrected chi connectivity index (χ4v) is 2.03. The normalized spacial score (nSPS) is 12.6. The summed E-state index contributed by atoms with van der Waals surface area (Å²) in [5.41, 5.74) is 1.77. The van der Waals surface area contributed by atoms with Gasteiger partial charge in [-0.1, -0.05) is 35.8 Å². The summed E-state index contributed by atoms with van der Waals surface area (Å²) in [6, 6.07) is 5.98. The smallest absolute Gasteiger partial charge is 0.254 e. The second kappa shape index (κ2) is 5.67. The van der Waals surface area contributed by atoms with Gasteiger partial charge in [0.15, 0.2) is 0 Å². The van der Waals surface area contributed by atoms with Crippen molar-refractivity contribution in [3.05, 3.63) is 33.8 Å². The van der Waals surface area contributed by atoms with Crippen LogP contribution in [-0.2, 0) is 0 Å². The molecular weight excluding hydrogens is 278 g/mol. The summed E-state index contributed by atoms with van der Waals surface area (Å²) in [7, 11) is 1.87. The number of amides is 1. The SMILES string of the molecule is Cc1c(Br)cccc1C(=O)N(C)C(C)C(C)C. The van der Waals surface area contributed by atoms with Gasteiger partial charge in [-0.3, -0.25) is 4.79 Å². The lowest BCUT2D eigenvalue weighted by atomic mass is 10.0. The first-order valence-corrected chi connectivity index (χ1v) is 6.67. The summed E-state index contributed by atoms with van der Waals surface area (Å²) in [4.78, 5) is 14.2. The van der Waals surface area contributed by atoms with E-state index in [0.717, 1.165) is 15.6 Å². The molecule has 1 rings (SSSR count). The van der Waals surface area contributed by atoms with Crippen molar-refractivity contribution < 1.29 is 4.79 Å². The number of halogens is 1. The van der Waals surface area contributed by atoms with Gasteiger partial charge < -0.3 is 4.90 Å². The lowest BCUT2D eigenvalue weighted by Gasteiger charge is -2.28. The second-order valence-electron chi connectivity index (χ2n) is 4.81. The van der Waals surface area contributed by atoms with Gasteiger partial charge in [0.05, 0.1) is 0 Å². The van der Waals surface area contributed by atoms with Crippen LogP contribution in [0.25, 0.3) is 0 Å². The number of rotatable bonds is 3. The van der Waals surface area contributed by atoms with E-state index in [1.807, 2.05) is 37.1 Å². The number of nitrogens with zero attached hydrogens (tertiary/aromatic N) is 1. The Morgan fingerprint density at radius 2 is 1.88 bits per heavy atom. The Kier molecular flexibility index (Phi) is 4.75. The molecule has 0 heterocycles. The Hall–Kier alpha value is -0.830. The maximum absolute atomic E-state index is 12.4. The van der Waals surface area contributed by atoms with Crippen molar-refractivity contribution in [1.29, 1.82) is 0 Å². The minimum Gasteiger partial charge on any atom is -0.339 e. The van der Waals surface area contributed by atoms with Crippen molar-refractivity contribution in [1.82, 2.24) is 4.90 Å². The summed E-state index contributed by atoms with van der Waals surface area (Å²) >= 11 is 3.46. The average Bonchev–Trinajstić information content (AvgIpc) is 2.29. The number of hydrogen-bond donors (Lipinski definition) is 0. The van der Waals surface area contributed by atoms with Gasteiger partial charge in [0, 0.05) is 23.1 Å². The van der Waals surface area contributed by atoms with E-state index in [4.69, 9.17) is 0 Å². The highest BCUT2D eigenvalue weighted by Crippen LogP contribution is 2.21. The summed E-state index contributed by atoms with van der Waals surface area (Å²) in [5.74, 6) is 0.543. The molecule has 1 aromatic carbocycles. The number of benzene rings is 1. The molecule has 1 unspecified atom stereocenters. The van der Waals surface area contributed by atoms with Gasteiger partial charge in [-0.25, -0.2) is 0 Å². The lowest BCUT2D eigenvalue weighted by Crippen LogP contribution is -2.38. The maximum Gasteiger partial charge on any atom is 0.254 e. The highest BCUT2D eigenvalue weighted by molar-refractivity contribution is 9.10. The summed E-state index contributed by atoms with van der Waals surface area (Å²) in [6.45, 7) is 8.30. The van der Waals surface area contributed by atoms with Gasteiger partial charge in [0.2, 0.25) is 0 Å². The molecule has 0 N–H and O–H groups in total. The third-order valence-corrected chi connectivity index (χ3v) is 4.25. The molecule has 0 radical (unpaired) electrons. The molecule has 17 heavy (non-hydrogen) atoms. The first-order valence-electron chi connectivity index (χ1n) is 5.88. The van der Waals surface area contributed by atoms with Crippen molar-refractivity contribution in [2.75, 3.05) is 7.05 Å². The van der Waals surface area contributed by atoms with Gasteiger partial charge in [0.25, 0.3) is 5.91 Å². The third-order valence-electron chi connectivity index (χ3n) is 3.39. The van der Waals surface area contributed by atoms with Crippen molar-refractivity contribution in [3.63, 3.8) is 0 Å². The molecular formula is C14H20BrNO. The zero-order chi connectivity index (χ0) is 13.2. The summed E-state index contributed by atoms with van der Waals surface area (Å²) in [6.07, 6.45) is 0. The molecule has 0 bridgehead atoms. The molecule has 0 saturated carbocycles. The standard InChI is InChI=1S/C14H20BrNO/c1-9(2)11(4)16(5)14(17)12-7-6-8-13(15)10(12)3/h6-9,11H,1-5H3. The van der Waals surface area contributed by atoms with Crippen LogP contribution in [0.5, 0.6) is 0 Å². The van der Waals surface area contributed by atoms with E-state index in [-0.39, 0.29) is 11.9 Å². The Morgan fingerprint density at radius 1 is 1.29 bits per heavy atom. The quantitative estimate of drug-likeness (QED) is 0.829. The topological polar surface area (TPSA) is 20.3 Å². The predicted octanol–water partition coefficient (Wildman–Crippen LogP) is 3.87. The first kappa shape index (κ1) is 14.2. The first-order chi connectivity index (χ1) is 7.86. The van der Waals surface area contributed by atoms with Crippen LogP contribution < -0.4 is 0 Å². The number of hydrogen-bond acceptors (Lipinski definition) is 1. The van der Waals surface area contributed by atoms with Crippen LogP contribution in [0.4, 0.5) is 0 Å². The van der Waals surface area contributed by atoms with Gasteiger partial charge in [-0.2, -0.15) is 0 Å². The lowest BCUT2D eigenvalue weighted by molar-refractivity contribution is 0.0706. The van der Waals surface area contributed by atoms with E-state index >= 15 is 0 Å². The summed E-state index contributed by atoms with van der Waals surface area (Å²) in [5, 5.41) is 0. The zero-order valence-electron chi connectivity index (χ0n) is 11.1. The fraction of sp³-hybridized carbons (Fsp3) is 0.500. The van der Waals surface area contributed by atoms with Crippen molar-refractivity contribution in [2.45, 2.75) is 33.7 Å². The highest BCUT2D eigenvalue weighted by Gasteiger charge is 2.21. The monoisotopic (exact) mass is 297 g/mol. The van der Waals surface area contributed by atoms with Crippen LogP contribution in [0.3, 0.4) is 0 Å². The molecule has 0 spiro atoms. The number of carbonyl (C=O) groups is 1. The van der Waals surface area contributed by atoms with E-state index in [0.29, 0.717) is 5.92 Å². The fourth-order valence-electron chi connectivity index (χ4n) is 1.66. The van der Waals surface area contributed by atoms with Gasteiger partial charge in [-0.05, 0) is 37.5 Å². The maximum atomic E-state index is 12.4. The molecule has 0 aliphatic carbocycles. The molecule has 0 aliphatic rings. The Labute approximate surface area is 112 Å². The van der Waals surface area contributed by atoms with Crippen molar-refractivity contribution in [2.24, 2.45) is 5.92 Å². The van der Waals surface area contributed by atoms with E-state index in [1.54, 1.807) is 0 Å². The molecule has 1 amide bonds. The third kappa shape index (κ3) is 3.09. The van der Waals surface area contributed by atoms with Crippen LogP contribution >= 0.6 is 15.9 Å². The minimum atomic E-state index is 0.0880. The van der Waals surface area contributed by atoms with Crippen LogP contribution in [0, 0.1) is 12.8 Å². The van der Waals surface area contributed by atoms with Crippen molar-refractivity contribution in [3.8, 4) is 0 Å². The van der Waals surface area contributed by atoms with Gasteiger partial charge in [-0.15, -0.1) is 0 Å². The molecule has 3 heteroatoms. The molecule has 2 nitrogen and oxygen atoms in total. The van der Waals surface area contributed by atoms with E-state index in [9.17, 15) is 4.79 Å². The van der Waals surface area contributed by atoms with Crippen LogP contribution in [-0.4, -0.2) is 23.9 Å². The predicted molar refractivity (Wildman–Crippen MR) is 75.3 cm³/mol. The van der Waals surface area contributed by atoms with Gasteiger partial charge >= 0.3 is 0 Å². The Balaban J connectivity index is 3.01. The van der Waals surface area contributed by atoms with Crippen LogP contribution in [0.1, 0.15) is 36.7 Å². The Bertz CT molecular complexity index is 415. The van der Waals surface area contributed by atoms with Crippen LogP contribution in [0.15, 0.2) is 22.7 Å². The molecule has 1 aromatic rings. The average molecular weight is 298 g/mol. The zero-order valence-corrected chi connectivity index (χ0v) is 12.7. The largest absolute Gasteiger partial charge is 0.339 e. The summed E-state index contributed by atoms with van der Waals surface area (Å²) < 4.78 is 0.981. The van der Waals surface area contributed by atoms with E-state index in [1.165, 1.54) is 0 Å². The Morgan fingerprint density at radius 3 is 2.41 bits per heavy atom. The number of carbonyl (C=O) groups excluding carboxylic acids is 1.